The van der Waals surface area contributed by atoms with Crippen LogP contribution >= 0.6 is 0 Å². The molecule has 0 saturated heterocycles. The highest BCUT2D eigenvalue weighted by Gasteiger charge is 2.32. The summed E-state index contributed by atoms with van der Waals surface area (Å²) in [6.07, 6.45) is -5.63. The predicted molar refractivity (Wildman–Crippen MR) is 83.0 cm³/mol. The molecule has 0 spiro atoms. The van der Waals surface area contributed by atoms with E-state index in [9.17, 15) is 22.8 Å². The van der Waals surface area contributed by atoms with Crippen LogP contribution in [0.5, 0.6) is 0 Å². The maximum Gasteiger partial charge on any atom is 0.416 e. The van der Waals surface area contributed by atoms with E-state index in [2.05, 4.69) is 10.1 Å². The first-order valence-corrected chi connectivity index (χ1v) is 7.08. The topological polar surface area (TPSA) is 64.6 Å². The Bertz CT molecular complexity index is 760. The average molecular weight is 353 g/mol. The highest BCUT2D eigenvalue weighted by atomic mass is 19.4. The predicted octanol–water partition coefficient (Wildman–Crippen LogP) is 4.24. The number of carbonyl (C=O) groups excluding carboxylic acids is 2. The van der Waals surface area contributed by atoms with Gasteiger partial charge in [-0.3, -0.25) is 5.32 Å². The fourth-order valence-electron chi connectivity index (χ4n) is 1.98. The monoisotopic (exact) mass is 353 g/mol. The molecule has 0 radical (unpaired) electrons. The zero-order chi connectivity index (χ0) is 18.4. The molecule has 2 rings (SSSR count). The number of carbonyl (C=O) groups is 2. The van der Waals surface area contributed by atoms with Gasteiger partial charge in [-0.15, -0.1) is 0 Å². The zero-order valence-corrected chi connectivity index (χ0v) is 13.1. The highest BCUT2D eigenvalue weighted by molar-refractivity contribution is 5.93. The van der Waals surface area contributed by atoms with Crippen molar-refractivity contribution in [1.29, 1.82) is 0 Å². The first kappa shape index (κ1) is 18.3. The summed E-state index contributed by atoms with van der Waals surface area (Å²) in [5.41, 5.74) is -0.935. The van der Waals surface area contributed by atoms with Crippen molar-refractivity contribution in [1.82, 2.24) is 0 Å². The number of methoxy groups -OCH3 is 1. The van der Waals surface area contributed by atoms with Gasteiger partial charge in [0.25, 0.3) is 0 Å². The van der Waals surface area contributed by atoms with Gasteiger partial charge in [-0.25, -0.2) is 9.59 Å². The summed E-state index contributed by atoms with van der Waals surface area (Å²) in [6.45, 7) is -0.0461. The van der Waals surface area contributed by atoms with Crippen molar-refractivity contribution in [3.8, 4) is 0 Å². The van der Waals surface area contributed by atoms with Gasteiger partial charge in [-0.2, -0.15) is 13.2 Å². The van der Waals surface area contributed by atoms with Gasteiger partial charge in [0.15, 0.2) is 0 Å². The number of alkyl halides is 3. The minimum Gasteiger partial charge on any atom is -0.465 e. The number of hydrogen-bond acceptors (Lipinski definition) is 4. The van der Waals surface area contributed by atoms with E-state index in [4.69, 9.17) is 4.74 Å². The molecular formula is C17H14F3NO4. The molecule has 0 aliphatic rings. The molecule has 2 aromatic rings. The Morgan fingerprint density at radius 1 is 1.08 bits per heavy atom. The quantitative estimate of drug-likeness (QED) is 0.835. The molecule has 0 saturated carbocycles. The Morgan fingerprint density at radius 2 is 1.76 bits per heavy atom. The highest BCUT2D eigenvalue weighted by Crippen LogP contribution is 2.32. The van der Waals surface area contributed by atoms with E-state index in [1.54, 1.807) is 30.3 Å². The molecule has 0 aliphatic carbocycles. The third kappa shape index (κ3) is 5.23. The second kappa shape index (κ2) is 7.69. The molecule has 5 nitrogen and oxygen atoms in total. The van der Waals surface area contributed by atoms with E-state index in [0.29, 0.717) is 12.1 Å². The molecule has 2 aromatic carbocycles. The molecule has 1 amide bonds. The van der Waals surface area contributed by atoms with Crippen molar-refractivity contribution >= 4 is 17.7 Å². The van der Waals surface area contributed by atoms with Gasteiger partial charge in [0, 0.05) is 5.69 Å². The summed E-state index contributed by atoms with van der Waals surface area (Å²) in [5, 5.41) is 2.18. The number of amides is 1. The number of halogens is 3. The van der Waals surface area contributed by atoms with Crippen molar-refractivity contribution < 1.29 is 32.2 Å². The van der Waals surface area contributed by atoms with Crippen LogP contribution in [0.4, 0.5) is 23.7 Å². The maximum atomic E-state index is 12.9. The second-order valence-electron chi connectivity index (χ2n) is 4.98. The summed E-state index contributed by atoms with van der Waals surface area (Å²) in [4.78, 5) is 23.3. The SMILES string of the molecule is COC(=O)c1cc(NC(=O)OCc2ccccc2)cc(C(F)(F)F)c1. The first-order valence-electron chi connectivity index (χ1n) is 7.08. The molecule has 132 valence electrons. The van der Waals surface area contributed by atoms with E-state index in [0.717, 1.165) is 18.7 Å². The molecular weight excluding hydrogens is 339 g/mol. The van der Waals surface area contributed by atoms with E-state index in [-0.39, 0.29) is 17.9 Å². The number of benzene rings is 2. The fourth-order valence-corrected chi connectivity index (χ4v) is 1.98. The number of ether oxygens (including phenoxy) is 2. The molecule has 8 heteroatoms. The molecule has 25 heavy (non-hydrogen) atoms. The maximum absolute atomic E-state index is 12.9. The lowest BCUT2D eigenvalue weighted by atomic mass is 10.1. The Kier molecular flexibility index (Phi) is 5.63. The fraction of sp³-hybridized carbons (Fsp3) is 0.176. The average Bonchev–Trinajstić information content (AvgIpc) is 2.59. The molecule has 0 fully saturated rings. The number of rotatable bonds is 4. The van der Waals surface area contributed by atoms with Crippen LogP contribution in [0.25, 0.3) is 0 Å². The van der Waals surface area contributed by atoms with Crippen LogP contribution in [0.15, 0.2) is 48.5 Å². The van der Waals surface area contributed by atoms with Crippen LogP contribution in [0, 0.1) is 0 Å². The minimum atomic E-state index is -4.69. The van der Waals surface area contributed by atoms with Crippen molar-refractivity contribution in [2.24, 2.45) is 0 Å². The van der Waals surface area contributed by atoms with E-state index < -0.39 is 23.8 Å². The molecule has 0 aromatic heterocycles. The molecule has 0 unspecified atom stereocenters. The van der Waals surface area contributed by atoms with Crippen LogP contribution in [0.2, 0.25) is 0 Å². The van der Waals surface area contributed by atoms with Gasteiger partial charge >= 0.3 is 18.2 Å². The number of esters is 1. The standard InChI is InChI=1S/C17H14F3NO4/c1-24-15(22)12-7-13(17(18,19)20)9-14(8-12)21-16(23)25-10-11-5-3-2-4-6-11/h2-9H,10H2,1H3,(H,21,23). The van der Waals surface area contributed by atoms with Crippen LogP contribution in [-0.2, 0) is 22.3 Å². The molecule has 0 bridgehead atoms. The van der Waals surface area contributed by atoms with Gasteiger partial charge < -0.3 is 9.47 Å². The Labute approximate surface area is 141 Å². The van der Waals surface area contributed by atoms with Gasteiger partial charge in [0.1, 0.15) is 6.61 Å². The van der Waals surface area contributed by atoms with Crippen LogP contribution in [0.3, 0.4) is 0 Å². The van der Waals surface area contributed by atoms with Gasteiger partial charge in [0.2, 0.25) is 0 Å². The summed E-state index contributed by atoms with van der Waals surface area (Å²) in [5.74, 6) is -0.952. The van der Waals surface area contributed by atoms with Gasteiger partial charge in [-0.1, -0.05) is 30.3 Å². The van der Waals surface area contributed by atoms with Crippen molar-refractivity contribution in [3.05, 3.63) is 65.2 Å². The minimum absolute atomic E-state index is 0.0461. The third-order valence-corrected chi connectivity index (χ3v) is 3.14. The largest absolute Gasteiger partial charge is 0.465 e. The first-order chi connectivity index (χ1) is 11.8. The van der Waals surface area contributed by atoms with Crippen LogP contribution in [-0.4, -0.2) is 19.2 Å². The van der Waals surface area contributed by atoms with E-state index in [1.165, 1.54) is 0 Å². The van der Waals surface area contributed by atoms with Crippen molar-refractivity contribution in [3.63, 3.8) is 0 Å². The normalized spacial score (nSPS) is 10.9. The van der Waals surface area contributed by atoms with Crippen molar-refractivity contribution in [2.75, 3.05) is 12.4 Å². The Hall–Kier alpha value is -3.03. The molecule has 1 N–H and O–H groups in total. The number of anilines is 1. The Morgan fingerprint density at radius 3 is 2.36 bits per heavy atom. The van der Waals surface area contributed by atoms with E-state index >= 15 is 0 Å². The van der Waals surface area contributed by atoms with Crippen molar-refractivity contribution in [2.45, 2.75) is 12.8 Å². The summed E-state index contributed by atoms with van der Waals surface area (Å²) in [7, 11) is 1.05. The summed E-state index contributed by atoms with van der Waals surface area (Å²) in [6, 6.07) is 11.2. The lowest BCUT2D eigenvalue weighted by molar-refractivity contribution is -0.137. The lowest BCUT2D eigenvalue weighted by Gasteiger charge is -2.12. The Balaban J connectivity index is 2.14. The van der Waals surface area contributed by atoms with Gasteiger partial charge in [0.05, 0.1) is 18.2 Å². The smallest absolute Gasteiger partial charge is 0.416 e. The third-order valence-electron chi connectivity index (χ3n) is 3.14. The molecule has 0 atom stereocenters. The van der Waals surface area contributed by atoms with Gasteiger partial charge in [-0.05, 0) is 23.8 Å². The molecule has 0 heterocycles. The number of hydrogen-bond donors (Lipinski definition) is 1. The summed E-state index contributed by atoms with van der Waals surface area (Å²) < 4.78 is 48.1. The van der Waals surface area contributed by atoms with Crippen LogP contribution < -0.4 is 5.32 Å². The zero-order valence-electron chi connectivity index (χ0n) is 13.1. The summed E-state index contributed by atoms with van der Waals surface area (Å²) >= 11 is 0. The second-order valence-corrected chi connectivity index (χ2v) is 4.98. The van der Waals surface area contributed by atoms with Crippen LogP contribution in [0.1, 0.15) is 21.5 Å². The number of nitrogens with one attached hydrogen (secondary N) is 1. The lowest BCUT2D eigenvalue weighted by Crippen LogP contribution is -2.16. The molecule has 0 aliphatic heterocycles. The van der Waals surface area contributed by atoms with E-state index in [1.807, 2.05) is 0 Å².